The van der Waals surface area contributed by atoms with Crippen LogP contribution in [0.25, 0.3) is 0 Å². The molecule has 1 atom stereocenters. The number of hydrogen-bond donors (Lipinski definition) is 0. The van der Waals surface area contributed by atoms with Crippen molar-refractivity contribution in [1.29, 1.82) is 0 Å². The van der Waals surface area contributed by atoms with Crippen LogP contribution in [0, 0.1) is 0 Å². The van der Waals surface area contributed by atoms with Crippen molar-refractivity contribution in [1.82, 2.24) is 0 Å². The quantitative estimate of drug-likeness (QED) is 0.542. The van der Waals surface area contributed by atoms with Crippen molar-refractivity contribution >= 4 is 6.04 Å². The average molecular weight is 274 g/mol. The predicted octanol–water partition coefficient (Wildman–Crippen LogP) is 2.02. The van der Waals surface area contributed by atoms with Gasteiger partial charge in [-0.25, -0.2) is 0 Å². The molecule has 0 aliphatic carbocycles. The van der Waals surface area contributed by atoms with Gasteiger partial charge in [0.1, 0.15) is 6.61 Å². The first-order valence-electron chi connectivity index (χ1n) is 3.72. The summed E-state index contributed by atoms with van der Waals surface area (Å²) in [4.78, 5) is 9.93. The Morgan fingerprint density at radius 1 is 1.06 bits per heavy atom. The molecule has 100 valence electrons. The third kappa shape index (κ3) is 1.97. The molecule has 0 aromatic heterocycles. The van der Waals surface area contributed by atoms with Crippen molar-refractivity contribution in [2.24, 2.45) is 0 Å². The fraction of sp³-hybridized carbons (Fsp3) is 0.833. The molecular formula is C6H2F8O3. The van der Waals surface area contributed by atoms with Crippen molar-refractivity contribution in [3.8, 4) is 0 Å². The first-order chi connectivity index (χ1) is 7.36. The standard InChI is InChI=1S/C6H2F8O3/c7-2(15)3(8)1-16-4(17-3,5(9,10)11)6(12,13)14/h1H2. The van der Waals surface area contributed by atoms with Crippen molar-refractivity contribution in [3.63, 3.8) is 0 Å². The molecule has 0 N–H and O–H groups in total. The van der Waals surface area contributed by atoms with Gasteiger partial charge >= 0.3 is 30.0 Å². The van der Waals surface area contributed by atoms with E-state index in [2.05, 4.69) is 9.47 Å². The second-order valence-electron chi connectivity index (χ2n) is 3.00. The van der Waals surface area contributed by atoms with E-state index in [1.54, 1.807) is 0 Å². The Hall–Kier alpha value is -0.970. The van der Waals surface area contributed by atoms with Gasteiger partial charge < -0.3 is 4.74 Å². The Labute approximate surface area is 87.3 Å². The summed E-state index contributed by atoms with van der Waals surface area (Å²) in [5.41, 5.74) is 0. The number of carbonyl (C=O) groups excluding carboxylic acids is 1. The van der Waals surface area contributed by atoms with Crippen LogP contribution < -0.4 is 0 Å². The smallest absolute Gasteiger partial charge is 0.329 e. The van der Waals surface area contributed by atoms with Gasteiger partial charge in [0, 0.05) is 0 Å². The zero-order chi connectivity index (χ0) is 13.7. The van der Waals surface area contributed by atoms with E-state index in [1.807, 2.05) is 0 Å². The van der Waals surface area contributed by atoms with Gasteiger partial charge in [-0.3, -0.25) is 9.53 Å². The van der Waals surface area contributed by atoms with Gasteiger partial charge in [0.2, 0.25) is 0 Å². The lowest BCUT2D eigenvalue weighted by Gasteiger charge is -2.31. The Balaban J connectivity index is 3.21. The predicted molar refractivity (Wildman–Crippen MR) is 31.8 cm³/mol. The minimum absolute atomic E-state index is 2.15. The van der Waals surface area contributed by atoms with Crippen molar-refractivity contribution in [2.75, 3.05) is 6.61 Å². The van der Waals surface area contributed by atoms with Crippen molar-refractivity contribution in [2.45, 2.75) is 24.0 Å². The first-order valence-corrected chi connectivity index (χ1v) is 3.72. The van der Waals surface area contributed by atoms with Crippen LogP contribution in [0.2, 0.25) is 0 Å². The summed E-state index contributed by atoms with van der Waals surface area (Å²) < 4.78 is 104. The summed E-state index contributed by atoms with van der Waals surface area (Å²) in [6.45, 7) is -2.15. The van der Waals surface area contributed by atoms with E-state index in [0.717, 1.165) is 0 Å². The van der Waals surface area contributed by atoms with E-state index in [1.165, 1.54) is 0 Å². The topological polar surface area (TPSA) is 35.5 Å². The Morgan fingerprint density at radius 3 is 1.65 bits per heavy atom. The zero-order valence-electron chi connectivity index (χ0n) is 7.46. The fourth-order valence-corrected chi connectivity index (χ4v) is 1.02. The number of carbonyl (C=O) groups is 1. The van der Waals surface area contributed by atoms with Gasteiger partial charge in [-0.1, -0.05) is 0 Å². The third-order valence-corrected chi connectivity index (χ3v) is 1.81. The summed E-state index contributed by atoms with van der Waals surface area (Å²) in [5.74, 6) is -9.78. The normalized spacial score (nSPS) is 29.4. The van der Waals surface area contributed by atoms with E-state index >= 15 is 0 Å². The van der Waals surface area contributed by atoms with E-state index in [4.69, 9.17) is 0 Å². The molecule has 17 heavy (non-hydrogen) atoms. The maximum atomic E-state index is 12.9. The first kappa shape index (κ1) is 14.1. The van der Waals surface area contributed by atoms with Gasteiger partial charge in [0.05, 0.1) is 0 Å². The zero-order valence-corrected chi connectivity index (χ0v) is 7.46. The molecule has 1 unspecified atom stereocenters. The van der Waals surface area contributed by atoms with Crippen LogP contribution in [-0.2, 0) is 14.3 Å². The summed E-state index contributed by atoms with van der Waals surface area (Å²) in [6.07, 6.45) is -12.5. The molecular weight excluding hydrogens is 272 g/mol. The maximum Gasteiger partial charge on any atom is 0.453 e. The van der Waals surface area contributed by atoms with Gasteiger partial charge in [-0.15, -0.1) is 0 Å². The summed E-state index contributed by atoms with van der Waals surface area (Å²) in [5, 5.41) is 0. The molecule has 3 nitrogen and oxygen atoms in total. The fourth-order valence-electron chi connectivity index (χ4n) is 1.02. The summed E-state index contributed by atoms with van der Waals surface area (Å²) in [7, 11) is 0. The molecule has 1 heterocycles. The van der Waals surface area contributed by atoms with Crippen molar-refractivity contribution in [3.05, 3.63) is 0 Å². The number of halogens is 8. The highest BCUT2D eigenvalue weighted by Gasteiger charge is 2.81. The lowest BCUT2D eigenvalue weighted by atomic mass is 10.2. The third-order valence-electron chi connectivity index (χ3n) is 1.81. The lowest BCUT2D eigenvalue weighted by Crippen LogP contribution is -2.59. The highest BCUT2D eigenvalue weighted by molar-refractivity contribution is 5.77. The van der Waals surface area contributed by atoms with Crippen LogP contribution in [0.1, 0.15) is 0 Å². The molecule has 0 radical (unpaired) electrons. The molecule has 1 aliphatic heterocycles. The minimum atomic E-state index is -6.23. The van der Waals surface area contributed by atoms with E-state index in [9.17, 15) is 39.9 Å². The minimum Gasteiger partial charge on any atom is -0.329 e. The summed E-state index contributed by atoms with van der Waals surface area (Å²) in [6, 6.07) is -3.15. The van der Waals surface area contributed by atoms with E-state index in [0.29, 0.717) is 0 Å². The molecule has 1 aliphatic rings. The van der Waals surface area contributed by atoms with Gasteiger partial charge in [0.15, 0.2) is 0 Å². The Morgan fingerprint density at radius 2 is 1.47 bits per heavy atom. The monoisotopic (exact) mass is 274 g/mol. The van der Waals surface area contributed by atoms with Crippen LogP contribution >= 0.6 is 0 Å². The SMILES string of the molecule is O=C(F)C1(F)COC(C(F)(F)F)(C(F)(F)F)O1. The number of hydrogen-bond acceptors (Lipinski definition) is 3. The second kappa shape index (κ2) is 3.51. The van der Waals surface area contributed by atoms with Crippen LogP contribution in [0.4, 0.5) is 35.1 Å². The average Bonchev–Trinajstić information content (AvgIpc) is 2.43. The molecule has 1 rings (SSSR count). The molecule has 1 fully saturated rings. The lowest BCUT2D eigenvalue weighted by molar-refractivity contribution is -0.450. The van der Waals surface area contributed by atoms with Crippen molar-refractivity contribution < 1.29 is 49.4 Å². The molecule has 0 saturated carbocycles. The molecule has 0 aromatic carbocycles. The molecule has 0 amide bonds. The molecule has 0 bridgehead atoms. The second-order valence-corrected chi connectivity index (χ2v) is 3.00. The number of rotatable bonds is 1. The molecule has 1 saturated heterocycles. The highest BCUT2D eigenvalue weighted by atomic mass is 19.4. The molecule has 11 heteroatoms. The van der Waals surface area contributed by atoms with Crippen LogP contribution in [-0.4, -0.2) is 36.6 Å². The number of ether oxygens (including phenoxy) is 2. The molecule has 0 spiro atoms. The van der Waals surface area contributed by atoms with Gasteiger partial charge in [-0.05, 0) is 0 Å². The maximum absolute atomic E-state index is 12.9. The van der Waals surface area contributed by atoms with E-state index in [-0.39, 0.29) is 0 Å². The van der Waals surface area contributed by atoms with Crippen LogP contribution in [0.15, 0.2) is 0 Å². The largest absolute Gasteiger partial charge is 0.453 e. The highest BCUT2D eigenvalue weighted by Crippen LogP contribution is 2.52. The number of alkyl halides is 7. The summed E-state index contributed by atoms with van der Waals surface area (Å²) >= 11 is 0. The van der Waals surface area contributed by atoms with Gasteiger partial charge in [0.25, 0.3) is 0 Å². The Bertz CT molecular complexity index is 319. The van der Waals surface area contributed by atoms with Crippen LogP contribution in [0.5, 0.6) is 0 Å². The Kier molecular flexibility index (Phi) is 2.91. The van der Waals surface area contributed by atoms with E-state index < -0.39 is 36.6 Å². The molecule has 0 aromatic rings. The van der Waals surface area contributed by atoms with Crippen LogP contribution in [0.3, 0.4) is 0 Å². The van der Waals surface area contributed by atoms with Gasteiger partial charge in [-0.2, -0.15) is 35.1 Å².